The molecular formula is C24H21NO6. The SMILES string of the molecule is CCOc1ccc(/C(O)=C2/C(=O)C(=O)N(Cc3ccco3)C2c2cccc(O)c2)cc1. The van der Waals surface area contributed by atoms with Gasteiger partial charge in [-0.1, -0.05) is 12.1 Å². The van der Waals surface area contributed by atoms with Crippen molar-refractivity contribution in [2.45, 2.75) is 19.5 Å². The molecule has 1 atom stereocenters. The van der Waals surface area contributed by atoms with Crippen molar-refractivity contribution in [2.75, 3.05) is 6.61 Å². The summed E-state index contributed by atoms with van der Waals surface area (Å²) in [6, 6.07) is 15.4. The number of amides is 1. The van der Waals surface area contributed by atoms with Crippen LogP contribution in [0.1, 0.15) is 29.9 Å². The number of aromatic hydroxyl groups is 1. The summed E-state index contributed by atoms with van der Waals surface area (Å²) < 4.78 is 10.8. The highest BCUT2D eigenvalue weighted by molar-refractivity contribution is 6.46. The number of rotatable bonds is 6. The third-order valence-electron chi connectivity index (χ3n) is 5.07. The zero-order valence-corrected chi connectivity index (χ0v) is 16.8. The molecule has 1 unspecified atom stereocenters. The first-order valence-electron chi connectivity index (χ1n) is 9.82. The van der Waals surface area contributed by atoms with E-state index in [0.717, 1.165) is 0 Å². The van der Waals surface area contributed by atoms with Gasteiger partial charge in [0.2, 0.25) is 0 Å². The lowest BCUT2D eigenvalue weighted by Crippen LogP contribution is -2.29. The number of phenols is 1. The number of nitrogens with zero attached hydrogens (tertiary/aromatic N) is 1. The smallest absolute Gasteiger partial charge is 0.296 e. The van der Waals surface area contributed by atoms with Gasteiger partial charge in [-0.25, -0.2) is 0 Å². The number of furan rings is 1. The molecule has 0 saturated carbocycles. The van der Waals surface area contributed by atoms with Crippen LogP contribution in [0, 0.1) is 0 Å². The van der Waals surface area contributed by atoms with Crippen molar-refractivity contribution in [1.82, 2.24) is 4.90 Å². The molecule has 1 aliphatic rings. The van der Waals surface area contributed by atoms with Gasteiger partial charge >= 0.3 is 0 Å². The molecule has 3 aromatic rings. The van der Waals surface area contributed by atoms with E-state index in [9.17, 15) is 19.8 Å². The summed E-state index contributed by atoms with van der Waals surface area (Å²) in [5, 5.41) is 21.0. The van der Waals surface area contributed by atoms with E-state index in [1.165, 1.54) is 23.3 Å². The first-order chi connectivity index (χ1) is 15.0. The van der Waals surface area contributed by atoms with Gasteiger partial charge in [-0.05, 0) is 61.0 Å². The molecule has 7 nitrogen and oxygen atoms in total. The lowest BCUT2D eigenvalue weighted by atomic mass is 9.95. The van der Waals surface area contributed by atoms with Crippen LogP contribution in [-0.4, -0.2) is 33.4 Å². The number of benzene rings is 2. The maximum absolute atomic E-state index is 13.0. The Balaban J connectivity index is 1.82. The van der Waals surface area contributed by atoms with Gasteiger partial charge in [-0.3, -0.25) is 9.59 Å². The third kappa shape index (κ3) is 3.90. The molecule has 2 heterocycles. The minimum Gasteiger partial charge on any atom is -0.508 e. The Labute approximate surface area is 178 Å². The van der Waals surface area contributed by atoms with E-state index in [1.54, 1.807) is 48.5 Å². The number of aliphatic hydroxyl groups excluding tert-OH is 1. The molecule has 0 spiro atoms. The topological polar surface area (TPSA) is 100 Å². The number of aliphatic hydroxyl groups is 1. The number of Topliss-reactive ketones (excluding diaryl/α,β-unsaturated/α-hetero) is 1. The van der Waals surface area contributed by atoms with Crippen molar-refractivity contribution in [3.8, 4) is 11.5 Å². The summed E-state index contributed by atoms with van der Waals surface area (Å²) in [7, 11) is 0. The Kier molecular flexibility index (Phi) is 5.49. The second-order valence-electron chi connectivity index (χ2n) is 7.06. The molecule has 2 N–H and O–H groups in total. The van der Waals surface area contributed by atoms with Crippen LogP contribution in [0.4, 0.5) is 0 Å². The zero-order chi connectivity index (χ0) is 22.0. The average molecular weight is 419 g/mol. The second kappa shape index (κ2) is 8.39. The predicted molar refractivity (Wildman–Crippen MR) is 112 cm³/mol. The van der Waals surface area contributed by atoms with Crippen LogP contribution < -0.4 is 4.74 Å². The molecule has 31 heavy (non-hydrogen) atoms. The Morgan fingerprint density at radius 2 is 1.87 bits per heavy atom. The summed E-state index contributed by atoms with van der Waals surface area (Å²) >= 11 is 0. The zero-order valence-electron chi connectivity index (χ0n) is 16.8. The number of likely N-dealkylation sites (tertiary alicyclic amines) is 1. The molecule has 0 aliphatic carbocycles. The number of carbonyl (C=O) groups is 2. The van der Waals surface area contributed by atoms with Crippen molar-refractivity contribution < 1.29 is 29.0 Å². The van der Waals surface area contributed by atoms with Crippen molar-refractivity contribution in [1.29, 1.82) is 0 Å². The number of hydrogen-bond donors (Lipinski definition) is 2. The highest BCUT2D eigenvalue weighted by atomic mass is 16.5. The first-order valence-corrected chi connectivity index (χ1v) is 9.82. The maximum atomic E-state index is 13.0. The van der Waals surface area contributed by atoms with E-state index in [4.69, 9.17) is 9.15 Å². The number of carbonyl (C=O) groups excluding carboxylic acids is 2. The quantitative estimate of drug-likeness (QED) is 0.356. The van der Waals surface area contributed by atoms with Gasteiger partial charge in [-0.2, -0.15) is 0 Å². The lowest BCUT2D eigenvalue weighted by Gasteiger charge is -2.24. The van der Waals surface area contributed by atoms with E-state index in [0.29, 0.717) is 29.2 Å². The molecule has 7 heteroatoms. The molecule has 1 fully saturated rings. The number of ketones is 1. The normalized spacial score (nSPS) is 17.8. The fourth-order valence-corrected chi connectivity index (χ4v) is 3.69. The summed E-state index contributed by atoms with van der Waals surface area (Å²) in [6.07, 6.45) is 1.48. The molecule has 1 saturated heterocycles. The molecule has 2 aromatic carbocycles. The number of phenolic OH excluding ortho intramolecular Hbond substituents is 1. The fourth-order valence-electron chi connectivity index (χ4n) is 3.69. The molecule has 0 radical (unpaired) electrons. The van der Waals surface area contributed by atoms with Crippen LogP contribution in [-0.2, 0) is 16.1 Å². The Morgan fingerprint density at radius 3 is 2.52 bits per heavy atom. The van der Waals surface area contributed by atoms with Crippen LogP contribution in [0.5, 0.6) is 11.5 Å². The van der Waals surface area contributed by atoms with Gasteiger partial charge in [-0.15, -0.1) is 0 Å². The summed E-state index contributed by atoms with van der Waals surface area (Å²) in [6.45, 7) is 2.41. The highest BCUT2D eigenvalue weighted by Gasteiger charge is 2.46. The largest absolute Gasteiger partial charge is 0.508 e. The first kappa shape index (κ1) is 20.3. The molecule has 1 amide bonds. The summed E-state index contributed by atoms with van der Waals surface area (Å²) in [5.41, 5.74) is 0.828. The molecular weight excluding hydrogens is 398 g/mol. The molecule has 1 aliphatic heterocycles. The summed E-state index contributed by atoms with van der Waals surface area (Å²) in [5.74, 6) is -0.739. The van der Waals surface area contributed by atoms with Crippen LogP contribution in [0.25, 0.3) is 5.76 Å². The van der Waals surface area contributed by atoms with Gasteiger partial charge in [0.1, 0.15) is 23.0 Å². The van der Waals surface area contributed by atoms with Crippen LogP contribution in [0.2, 0.25) is 0 Å². The Hall–Kier alpha value is -4.00. The highest BCUT2D eigenvalue weighted by Crippen LogP contribution is 2.41. The second-order valence-corrected chi connectivity index (χ2v) is 7.06. The van der Waals surface area contributed by atoms with Gasteiger partial charge in [0.15, 0.2) is 0 Å². The van der Waals surface area contributed by atoms with Gasteiger partial charge in [0, 0.05) is 5.56 Å². The van der Waals surface area contributed by atoms with E-state index in [1.807, 2.05) is 6.92 Å². The average Bonchev–Trinajstić information content (AvgIpc) is 3.36. The van der Waals surface area contributed by atoms with Gasteiger partial charge in [0.25, 0.3) is 11.7 Å². The molecule has 1 aromatic heterocycles. The van der Waals surface area contributed by atoms with Crippen molar-refractivity contribution in [2.24, 2.45) is 0 Å². The van der Waals surface area contributed by atoms with Crippen LogP contribution >= 0.6 is 0 Å². The fraction of sp³-hybridized carbons (Fsp3) is 0.167. The predicted octanol–water partition coefficient (Wildman–Crippen LogP) is 4.01. The van der Waals surface area contributed by atoms with Crippen LogP contribution in [0.3, 0.4) is 0 Å². The van der Waals surface area contributed by atoms with E-state index in [2.05, 4.69) is 0 Å². The maximum Gasteiger partial charge on any atom is 0.296 e. The lowest BCUT2D eigenvalue weighted by molar-refractivity contribution is -0.140. The third-order valence-corrected chi connectivity index (χ3v) is 5.07. The summed E-state index contributed by atoms with van der Waals surface area (Å²) in [4.78, 5) is 27.2. The van der Waals surface area contributed by atoms with Crippen molar-refractivity contribution >= 4 is 17.4 Å². The van der Waals surface area contributed by atoms with Crippen molar-refractivity contribution in [3.63, 3.8) is 0 Å². The molecule has 0 bridgehead atoms. The monoisotopic (exact) mass is 419 g/mol. The number of hydrogen-bond acceptors (Lipinski definition) is 6. The molecule has 158 valence electrons. The van der Waals surface area contributed by atoms with E-state index in [-0.39, 0.29) is 23.6 Å². The van der Waals surface area contributed by atoms with Crippen molar-refractivity contribution in [3.05, 3.63) is 89.4 Å². The van der Waals surface area contributed by atoms with E-state index >= 15 is 0 Å². The minimum absolute atomic E-state index is 0.0119. The van der Waals surface area contributed by atoms with Gasteiger partial charge in [0.05, 0.1) is 31.0 Å². The Morgan fingerprint density at radius 1 is 1.10 bits per heavy atom. The minimum atomic E-state index is -0.885. The van der Waals surface area contributed by atoms with Gasteiger partial charge < -0.3 is 24.3 Å². The molecule has 4 rings (SSSR count). The van der Waals surface area contributed by atoms with Crippen LogP contribution in [0.15, 0.2) is 76.9 Å². The Bertz CT molecular complexity index is 1130. The van der Waals surface area contributed by atoms with E-state index < -0.39 is 17.7 Å². The standard InChI is InChI=1S/C24H21NO6/c1-2-30-18-10-8-15(9-11-18)22(27)20-21(16-5-3-6-17(26)13-16)25(24(29)23(20)28)14-19-7-4-12-31-19/h3-13,21,26-27H,2,14H2,1H3/b22-20-. The number of ether oxygens (including phenoxy) is 1.